The number of nitrogens with zero attached hydrogens (tertiary/aromatic N) is 2. The topological polar surface area (TPSA) is 71.0 Å². The Morgan fingerprint density at radius 2 is 1.78 bits per heavy atom. The van der Waals surface area contributed by atoms with Crippen molar-refractivity contribution in [3.8, 4) is 5.75 Å². The largest absolute Gasteiger partial charge is 0.435 e. The van der Waals surface area contributed by atoms with Crippen LogP contribution in [0.4, 0.5) is 33.3 Å². The standard InChI is InChI=1S/C24H22F5N3O3S/c25-22(26)35-16-11-9-14(10-12-16)30-23-32(15-5-1-2-6-15)21(34)19(36-23)13-20(33)31-18-8-4-3-7-17(18)24(27,28)29/h3-4,7-12,15,19,22H,1-2,5-6,13H2,(H,31,33)/t19-/m1/s1. The number of thioether (sulfide) groups is 1. The summed E-state index contributed by atoms with van der Waals surface area (Å²) < 4.78 is 68.9. The van der Waals surface area contributed by atoms with E-state index in [9.17, 15) is 31.5 Å². The lowest BCUT2D eigenvalue weighted by atomic mass is 10.1. The highest BCUT2D eigenvalue weighted by atomic mass is 32.2. The van der Waals surface area contributed by atoms with Crippen LogP contribution < -0.4 is 10.1 Å². The number of alkyl halides is 5. The van der Waals surface area contributed by atoms with Crippen LogP contribution in [0.5, 0.6) is 5.75 Å². The molecule has 6 nitrogen and oxygen atoms in total. The van der Waals surface area contributed by atoms with E-state index >= 15 is 0 Å². The van der Waals surface area contributed by atoms with Gasteiger partial charge < -0.3 is 10.1 Å². The SMILES string of the molecule is O=C(C[C@H]1SC(=Nc2ccc(OC(F)F)cc2)N(C2CCCC2)C1=O)Nc1ccccc1C(F)(F)F. The summed E-state index contributed by atoms with van der Waals surface area (Å²) in [4.78, 5) is 31.9. The summed E-state index contributed by atoms with van der Waals surface area (Å²) in [5, 5.41) is 1.78. The van der Waals surface area contributed by atoms with Crippen molar-refractivity contribution in [1.29, 1.82) is 0 Å². The Morgan fingerprint density at radius 1 is 1.11 bits per heavy atom. The molecule has 36 heavy (non-hydrogen) atoms. The van der Waals surface area contributed by atoms with E-state index in [1.54, 1.807) is 4.90 Å². The lowest BCUT2D eigenvalue weighted by molar-refractivity contribution is -0.137. The molecule has 1 heterocycles. The smallest absolute Gasteiger partial charge is 0.418 e. The molecule has 1 saturated carbocycles. The zero-order chi connectivity index (χ0) is 25.9. The number of hydrogen-bond donors (Lipinski definition) is 1. The number of amidine groups is 1. The minimum atomic E-state index is -4.64. The number of hydrogen-bond acceptors (Lipinski definition) is 5. The van der Waals surface area contributed by atoms with Gasteiger partial charge in [-0.05, 0) is 49.2 Å². The van der Waals surface area contributed by atoms with Crippen LogP contribution in [0.1, 0.15) is 37.7 Å². The van der Waals surface area contributed by atoms with Crippen molar-refractivity contribution in [1.82, 2.24) is 4.90 Å². The van der Waals surface area contributed by atoms with Crippen LogP contribution in [-0.4, -0.2) is 39.8 Å². The van der Waals surface area contributed by atoms with Crippen molar-refractivity contribution in [3.05, 3.63) is 54.1 Å². The van der Waals surface area contributed by atoms with Gasteiger partial charge in [-0.15, -0.1) is 0 Å². The van der Waals surface area contributed by atoms with E-state index in [-0.39, 0.29) is 29.8 Å². The van der Waals surface area contributed by atoms with E-state index in [1.807, 2.05) is 0 Å². The van der Waals surface area contributed by atoms with E-state index in [4.69, 9.17) is 0 Å². The molecule has 0 spiro atoms. The molecule has 192 valence electrons. The third-order valence-electron chi connectivity index (χ3n) is 5.82. The molecule has 1 atom stereocenters. The Morgan fingerprint density at radius 3 is 2.42 bits per heavy atom. The van der Waals surface area contributed by atoms with Gasteiger partial charge in [-0.25, -0.2) is 4.99 Å². The number of benzene rings is 2. The van der Waals surface area contributed by atoms with Gasteiger partial charge in [0.25, 0.3) is 0 Å². The number of nitrogens with one attached hydrogen (secondary N) is 1. The molecule has 1 N–H and O–H groups in total. The first kappa shape index (κ1) is 25.9. The van der Waals surface area contributed by atoms with Crippen LogP contribution in [0.3, 0.4) is 0 Å². The fourth-order valence-electron chi connectivity index (χ4n) is 4.21. The highest BCUT2D eigenvalue weighted by Gasteiger charge is 2.43. The molecule has 2 aromatic rings. The van der Waals surface area contributed by atoms with Crippen molar-refractivity contribution < 1.29 is 36.3 Å². The van der Waals surface area contributed by atoms with Crippen LogP contribution in [-0.2, 0) is 15.8 Å². The normalized spacial score (nSPS) is 19.9. The third-order valence-corrected chi connectivity index (χ3v) is 6.97. The second-order valence-corrected chi connectivity index (χ2v) is 9.49. The average Bonchev–Trinajstić information content (AvgIpc) is 3.42. The Labute approximate surface area is 207 Å². The lowest BCUT2D eigenvalue weighted by Crippen LogP contribution is -2.40. The number of ether oxygens (including phenoxy) is 1. The molecule has 1 aliphatic carbocycles. The molecule has 0 aromatic heterocycles. The highest BCUT2D eigenvalue weighted by molar-refractivity contribution is 8.15. The number of rotatable bonds is 7. The van der Waals surface area contributed by atoms with Crippen LogP contribution in [0.15, 0.2) is 53.5 Å². The summed E-state index contributed by atoms with van der Waals surface area (Å²) in [7, 11) is 0. The number of para-hydroxylation sites is 1. The summed E-state index contributed by atoms with van der Waals surface area (Å²) in [6.07, 6.45) is -1.57. The van der Waals surface area contributed by atoms with E-state index < -0.39 is 29.5 Å². The van der Waals surface area contributed by atoms with E-state index in [0.717, 1.165) is 49.6 Å². The van der Waals surface area contributed by atoms with Crippen LogP contribution in [0, 0.1) is 0 Å². The minimum Gasteiger partial charge on any atom is -0.435 e. The molecule has 2 aromatic carbocycles. The van der Waals surface area contributed by atoms with Crippen molar-refractivity contribution in [2.24, 2.45) is 4.99 Å². The Kier molecular flexibility index (Phi) is 7.82. The van der Waals surface area contributed by atoms with Gasteiger partial charge in [0.2, 0.25) is 11.8 Å². The van der Waals surface area contributed by atoms with Crippen LogP contribution >= 0.6 is 11.8 Å². The molecule has 12 heteroatoms. The maximum atomic E-state index is 13.3. The van der Waals surface area contributed by atoms with E-state index in [0.29, 0.717) is 10.9 Å². The summed E-state index contributed by atoms with van der Waals surface area (Å²) in [5.74, 6) is -1.09. The van der Waals surface area contributed by atoms with Gasteiger partial charge in [-0.1, -0.05) is 36.7 Å². The number of carbonyl (C=O) groups is 2. The Balaban J connectivity index is 1.51. The number of halogens is 5. The number of amides is 2. The van der Waals surface area contributed by atoms with Gasteiger partial charge in [0, 0.05) is 12.5 Å². The summed E-state index contributed by atoms with van der Waals surface area (Å²) in [6, 6.07) is 10.1. The van der Waals surface area contributed by atoms with Gasteiger partial charge in [-0.2, -0.15) is 22.0 Å². The summed E-state index contributed by atoms with van der Waals surface area (Å²) in [6.45, 7) is -2.96. The molecule has 4 rings (SSSR count). The zero-order valence-electron chi connectivity index (χ0n) is 18.8. The van der Waals surface area contributed by atoms with Gasteiger partial charge in [0.15, 0.2) is 5.17 Å². The predicted octanol–water partition coefficient (Wildman–Crippen LogP) is 6.21. The molecule has 0 bridgehead atoms. The summed E-state index contributed by atoms with van der Waals surface area (Å²) >= 11 is 1.06. The molecular weight excluding hydrogens is 505 g/mol. The van der Waals surface area contributed by atoms with Crippen LogP contribution in [0.25, 0.3) is 0 Å². The molecule has 0 radical (unpaired) electrons. The number of anilines is 1. The first-order valence-corrected chi connectivity index (χ1v) is 12.1. The predicted molar refractivity (Wildman–Crippen MR) is 125 cm³/mol. The lowest BCUT2D eigenvalue weighted by Gasteiger charge is -2.23. The second-order valence-electron chi connectivity index (χ2n) is 8.32. The second kappa shape index (κ2) is 10.9. The van der Waals surface area contributed by atoms with Gasteiger partial charge in [0.1, 0.15) is 11.0 Å². The molecule has 1 saturated heterocycles. The molecule has 2 fully saturated rings. The fourth-order valence-corrected chi connectivity index (χ4v) is 5.43. The van der Waals surface area contributed by atoms with Crippen molar-refractivity contribution in [3.63, 3.8) is 0 Å². The molecule has 2 amide bonds. The molecule has 2 aliphatic rings. The minimum absolute atomic E-state index is 0.0366. The average molecular weight is 528 g/mol. The summed E-state index contributed by atoms with van der Waals surface area (Å²) in [5.41, 5.74) is -0.949. The first-order valence-electron chi connectivity index (χ1n) is 11.2. The van der Waals surface area contributed by atoms with Gasteiger partial charge in [0.05, 0.1) is 16.9 Å². The Hall–Kier alpha value is -3.15. The number of carbonyl (C=O) groups excluding carboxylic acids is 2. The zero-order valence-corrected chi connectivity index (χ0v) is 19.6. The molecule has 0 unspecified atom stereocenters. The highest BCUT2D eigenvalue weighted by Crippen LogP contribution is 2.38. The molecule has 1 aliphatic heterocycles. The van der Waals surface area contributed by atoms with Gasteiger partial charge >= 0.3 is 12.8 Å². The van der Waals surface area contributed by atoms with Crippen molar-refractivity contribution in [2.75, 3.05) is 5.32 Å². The van der Waals surface area contributed by atoms with E-state index in [1.165, 1.54) is 36.4 Å². The monoisotopic (exact) mass is 527 g/mol. The van der Waals surface area contributed by atoms with Gasteiger partial charge in [-0.3, -0.25) is 14.5 Å². The third kappa shape index (κ3) is 6.15. The Bertz CT molecular complexity index is 1130. The maximum absolute atomic E-state index is 13.3. The van der Waals surface area contributed by atoms with Crippen molar-refractivity contribution >= 4 is 40.1 Å². The maximum Gasteiger partial charge on any atom is 0.418 e. The fraction of sp³-hybridized carbons (Fsp3) is 0.375. The van der Waals surface area contributed by atoms with Crippen molar-refractivity contribution in [2.45, 2.75) is 56.2 Å². The number of aliphatic imine (C=N–C) groups is 1. The quantitative estimate of drug-likeness (QED) is 0.435. The van der Waals surface area contributed by atoms with Crippen LogP contribution in [0.2, 0.25) is 0 Å². The first-order chi connectivity index (χ1) is 17.1. The van der Waals surface area contributed by atoms with E-state index in [2.05, 4.69) is 15.0 Å². The molecular formula is C24H22F5N3O3S.